The van der Waals surface area contributed by atoms with E-state index in [2.05, 4.69) is 16.7 Å². The van der Waals surface area contributed by atoms with E-state index in [-0.39, 0.29) is 19.6 Å². The molecule has 2 heterocycles. The van der Waals surface area contributed by atoms with Crippen LogP contribution < -0.4 is 20.1 Å². The molecule has 2 amide bonds. The van der Waals surface area contributed by atoms with E-state index in [1.807, 2.05) is 0 Å². The molecule has 7 nitrogen and oxygen atoms in total. The zero-order valence-corrected chi connectivity index (χ0v) is 18.6. The molecule has 0 radical (unpaired) electrons. The number of benzene rings is 2. The minimum Gasteiger partial charge on any atom is -0.488 e. The summed E-state index contributed by atoms with van der Waals surface area (Å²) in [5.41, 5.74) is -0.774. The van der Waals surface area contributed by atoms with Gasteiger partial charge in [0.1, 0.15) is 36.4 Å². The fourth-order valence-corrected chi connectivity index (χ4v) is 3.72. The number of fused-ring (bicyclic) bond motifs is 9. The van der Waals surface area contributed by atoms with Gasteiger partial charge in [-0.3, -0.25) is 9.59 Å². The molecule has 2 aromatic carbocycles. The van der Waals surface area contributed by atoms with Crippen molar-refractivity contribution in [3.05, 3.63) is 70.3 Å². The van der Waals surface area contributed by atoms with Gasteiger partial charge >= 0.3 is 0 Å². The highest BCUT2D eigenvalue weighted by Crippen LogP contribution is 2.34. The van der Waals surface area contributed by atoms with Crippen molar-refractivity contribution >= 4 is 23.4 Å². The largest absolute Gasteiger partial charge is 0.488 e. The van der Waals surface area contributed by atoms with Crippen molar-refractivity contribution in [2.75, 3.05) is 13.2 Å². The van der Waals surface area contributed by atoms with Crippen LogP contribution >= 0.6 is 11.6 Å². The van der Waals surface area contributed by atoms with Crippen molar-refractivity contribution in [1.82, 2.24) is 10.6 Å². The number of rotatable bonds is 2. The quantitative estimate of drug-likeness (QED) is 0.632. The SMILES string of the molecule is N#CC1(NC(=O)C2Cc3ccc(c(Cl)c3)OCC=CCOc3c(F)cc(F)cc3C(=O)N2)CC1. The molecule has 2 aromatic rings. The molecular weight excluding hydrogens is 468 g/mol. The summed E-state index contributed by atoms with van der Waals surface area (Å²) in [7, 11) is 0. The first-order valence-electron chi connectivity index (χ1n) is 10.5. The number of hydrogen-bond donors (Lipinski definition) is 2. The van der Waals surface area contributed by atoms with Crippen LogP contribution in [0.15, 0.2) is 42.5 Å². The lowest BCUT2D eigenvalue weighted by molar-refractivity contribution is -0.123. The van der Waals surface area contributed by atoms with E-state index >= 15 is 0 Å². The molecular formula is C24H20ClF2N3O4. The summed E-state index contributed by atoms with van der Waals surface area (Å²) in [4.78, 5) is 26.1. The van der Waals surface area contributed by atoms with Crippen LogP contribution in [0.3, 0.4) is 0 Å². The van der Waals surface area contributed by atoms with Crippen LogP contribution in [0.5, 0.6) is 11.5 Å². The zero-order chi connectivity index (χ0) is 24.3. The standard InChI is InChI=1S/C24H20ClF2N3O4/c25-17-9-14-3-4-20(17)33-7-1-2-8-34-21-16(11-15(26)12-18(21)27)22(31)29-19(10-14)23(32)30-24(13-28)5-6-24/h1-4,9,11-12,19H,5-8,10H2,(H,29,31)(H,30,32). The Morgan fingerprint density at radius 3 is 2.59 bits per heavy atom. The van der Waals surface area contributed by atoms with Gasteiger partial charge in [0.15, 0.2) is 11.6 Å². The fraction of sp³-hybridized carbons (Fsp3) is 0.292. The zero-order valence-electron chi connectivity index (χ0n) is 17.9. The topological polar surface area (TPSA) is 100 Å². The molecule has 34 heavy (non-hydrogen) atoms. The van der Waals surface area contributed by atoms with E-state index in [1.54, 1.807) is 30.4 Å². The fourth-order valence-electron chi connectivity index (χ4n) is 3.46. The Bertz CT molecular complexity index is 1210. The van der Waals surface area contributed by atoms with Gasteiger partial charge in [-0.15, -0.1) is 0 Å². The number of halogens is 3. The third-order valence-electron chi connectivity index (χ3n) is 5.46. The average Bonchev–Trinajstić information content (AvgIpc) is 3.56. The van der Waals surface area contributed by atoms with Crippen LogP contribution in [-0.2, 0) is 11.2 Å². The van der Waals surface area contributed by atoms with Gasteiger partial charge in [-0.05, 0) is 48.8 Å². The van der Waals surface area contributed by atoms with Crippen molar-refractivity contribution in [3.63, 3.8) is 0 Å². The second kappa shape index (κ2) is 9.69. The van der Waals surface area contributed by atoms with E-state index < -0.39 is 46.3 Å². The number of nitrogens with one attached hydrogen (secondary N) is 2. The second-order valence-corrected chi connectivity index (χ2v) is 8.44. The third-order valence-corrected chi connectivity index (χ3v) is 5.76. The minimum atomic E-state index is -1.16. The van der Waals surface area contributed by atoms with Crippen LogP contribution in [0.4, 0.5) is 8.78 Å². The second-order valence-electron chi connectivity index (χ2n) is 8.04. The molecule has 2 aliphatic heterocycles. The summed E-state index contributed by atoms with van der Waals surface area (Å²) in [6.45, 7) is 0.0381. The van der Waals surface area contributed by atoms with Crippen molar-refractivity contribution in [3.8, 4) is 17.6 Å². The molecule has 10 heteroatoms. The van der Waals surface area contributed by atoms with E-state index in [0.717, 1.165) is 6.07 Å². The summed E-state index contributed by atoms with van der Waals surface area (Å²) in [6, 6.07) is 7.27. The summed E-state index contributed by atoms with van der Waals surface area (Å²) in [5, 5.41) is 14.8. The van der Waals surface area contributed by atoms with Gasteiger partial charge in [-0.25, -0.2) is 8.78 Å². The molecule has 1 unspecified atom stereocenters. The average molecular weight is 488 g/mol. The highest BCUT2D eigenvalue weighted by atomic mass is 35.5. The van der Waals surface area contributed by atoms with Crippen molar-refractivity contribution in [1.29, 1.82) is 5.26 Å². The molecule has 176 valence electrons. The molecule has 5 rings (SSSR count). The lowest BCUT2D eigenvalue weighted by Crippen LogP contribution is -2.51. The Morgan fingerprint density at radius 1 is 1.18 bits per heavy atom. The van der Waals surface area contributed by atoms with Gasteiger partial charge in [0.05, 0.1) is 16.7 Å². The number of nitrogens with zero attached hydrogens (tertiary/aromatic N) is 1. The van der Waals surface area contributed by atoms with E-state index in [1.165, 1.54) is 0 Å². The minimum absolute atomic E-state index is 0.00692. The number of amides is 2. The van der Waals surface area contributed by atoms with Crippen LogP contribution in [0.2, 0.25) is 5.02 Å². The summed E-state index contributed by atoms with van der Waals surface area (Å²) in [6.07, 6.45) is 4.17. The van der Waals surface area contributed by atoms with Crippen molar-refractivity contribution in [2.24, 2.45) is 0 Å². The number of nitriles is 1. The number of carbonyl (C=O) groups is 2. The lowest BCUT2D eigenvalue weighted by atomic mass is 10.0. The summed E-state index contributed by atoms with van der Waals surface area (Å²) >= 11 is 6.30. The van der Waals surface area contributed by atoms with E-state index in [4.69, 9.17) is 21.1 Å². The highest BCUT2D eigenvalue weighted by Gasteiger charge is 2.45. The molecule has 1 fully saturated rings. The van der Waals surface area contributed by atoms with Crippen LogP contribution in [-0.4, -0.2) is 36.6 Å². The Hall–Kier alpha value is -3.64. The summed E-state index contributed by atoms with van der Waals surface area (Å²) < 4.78 is 39.4. The van der Waals surface area contributed by atoms with Crippen LogP contribution in [0, 0.1) is 23.0 Å². The van der Waals surface area contributed by atoms with Gasteiger partial charge in [0.2, 0.25) is 5.91 Å². The Kier molecular flexibility index (Phi) is 6.70. The molecule has 3 aliphatic rings. The summed E-state index contributed by atoms with van der Waals surface area (Å²) in [5.74, 6) is -3.57. The molecule has 1 saturated carbocycles. The maximum absolute atomic E-state index is 14.4. The number of hydrogen-bond acceptors (Lipinski definition) is 5. The van der Waals surface area contributed by atoms with Gasteiger partial charge < -0.3 is 20.1 Å². The predicted octanol–water partition coefficient (Wildman–Crippen LogP) is 3.46. The van der Waals surface area contributed by atoms with Gasteiger partial charge in [0, 0.05) is 12.5 Å². The maximum atomic E-state index is 14.4. The smallest absolute Gasteiger partial charge is 0.255 e. The molecule has 1 atom stereocenters. The predicted molar refractivity (Wildman–Crippen MR) is 119 cm³/mol. The van der Waals surface area contributed by atoms with E-state index in [9.17, 15) is 23.6 Å². The lowest BCUT2D eigenvalue weighted by Gasteiger charge is -2.21. The Morgan fingerprint density at radius 2 is 1.91 bits per heavy atom. The first-order valence-corrected chi connectivity index (χ1v) is 10.9. The normalized spacial score (nSPS) is 19.1. The van der Waals surface area contributed by atoms with Crippen molar-refractivity contribution < 1.29 is 27.8 Å². The molecule has 2 N–H and O–H groups in total. The van der Waals surface area contributed by atoms with E-state index in [0.29, 0.717) is 35.2 Å². The third kappa shape index (κ3) is 5.29. The molecule has 0 spiro atoms. The van der Waals surface area contributed by atoms with Gasteiger partial charge in [-0.2, -0.15) is 5.26 Å². The first-order chi connectivity index (χ1) is 16.3. The number of ether oxygens (including phenoxy) is 2. The first kappa shape index (κ1) is 23.5. The molecule has 0 saturated heterocycles. The molecule has 2 bridgehead atoms. The van der Waals surface area contributed by atoms with Gasteiger partial charge in [0.25, 0.3) is 5.91 Å². The Balaban J connectivity index is 1.70. The molecule has 0 aromatic heterocycles. The number of carbonyl (C=O) groups excluding carboxylic acids is 2. The van der Waals surface area contributed by atoms with Crippen LogP contribution in [0.1, 0.15) is 28.8 Å². The maximum Gasteiger partial charge on any atom is 0.255 e. The van der Waals surface area contributed by atoms with Crippen molar-refractivity contribution in [2.45, 2.75) is 30.8 Å². The highest BCUT2D eigenvalue weighted by molar-refractivity contribution is 6.32. The molecule has 1 aliphatic carbocycles. The van der Waals surface area contributed by atoms with Gasteiger partial charge in [-0.1, -0.05) is 17.7 Å². The Labute approximate surface area is 199 Å². The van der Waals surface area contributed by atoms with Crippen LogP contribution in [0.25, 0.3) is 0 Å². The monoisotopic (exact) mass is 487 g/mol.